The van der Waals surface area contributed by atoms with Crippen molar-refractivity contribution in [1.82, 2.24) is 9.55 Å². The molecule has 2 atom stereocenters. The standard InChI is InChI=1S/C22H23N3O6/c1-5-31-21(27)17-18(12-10-15(28-2)19(30-4)16(11-12)29-3)25-14-9-7-6-8-13(14)23-22(25)24-20(17)26/h6-11,17-18H,5H2,1-4H3,(H,23,24,26)/t17-,18-/m1/s1. The monoisotopic (exact) mass is 425 g/mol. The molecule has 31 heavy (non-hydrogen) atoms. The Morgan fingerprint density at radius 1 is 1.10 bits per heavy atom. The van der Waals surface area contributed by atoms with Crippen LogP contribution in [0.2, 0.25) is 0 Å². The highest BCUT2D eigenvalue weighted by Gasteiger charge is 2.44. The smallest absolute Gasteiger partial charge is 0.321 e. The van der Waals surface area contributed by atoms with Gasteiger partial charge in [-0.05, 0) is 36.8 Å². The van der Waals surface area contributed by atoms with Crippen LogP contribution in [0.4, 0.5) is 5.95 Å². The quantitative estimate of drug-likeness (QED) is 0.479. The second kappa shape index (κ2) is 8.17. The topological polar surface area (TPSA) is 101 Å². The minimum Gasteiger partial charge on any atom is -0.493 e. The van der Waals surface area contributed by atoms with E-state index >= 15 is 0 Å². The molecule has 1 aliphatic rings. The molecule has 1 amide bonds. The summed E-state index contributed by atoms with van der Waals surface area (Å²) < 4.78 is 23.5. The average Bonchev–Trinajstić information content (AvgIpc) is 3.14. The van der Waals surface area contributed by atoms with Crippen molar-refractivity contribution >= 4 is 28.9 Å². The van der Waals surface area contributed by atoms with Crippen LogP contribution in [-0.4, -0.2) is 49.4 Å². The molecule has 0 bridgehead atoms. The van der Waals surface area contributed by atoms with Crippen molar-refractivity contribution in [2.24, 2.45) is 5.92 Å². The van der Waals surface area contributed by atoms with Gasteiger partial charge in [0.15, 0.2) is 17.4 Å². The maximum Gasteiger partial charge on any atom is 0.321 e. The molecule has 9 nitrogen and oxygen atoms in total. The van der Waals surface area contributed by atoms with Gasteiger partial charge in [-0.25, -0.2) is 4.98 Å². The van der Waals surface area contributed by atoms with Crippen LogP contribution in [-0.2, 0) is 14.3 Å². The van der Waals surface area contributed by atoms with Crippen molar-refractivity contribution in [3.63, 3.8) is 0 Å². The first-order valence-electron chi connectivity index (χ1n) is 9.78. The second-order valence-electron chi connectivity index (χ2n) is 6.92. The van der Waals surface area contributed by atoms with Gasteiger partial charge in [-0.2, -0.15) is 0 Å². The molecule has 0 saturated carbocycles. The van der Waals surface area contributed by atoms with Gasteiger partial charge in [0.25, 0.3) is 0 Å². The molecular weight excluding hydrogens is 402 g/mol. The van der Waals surface area contributed by atoms with Crippen LogP contribution < -0.4 is 19.5 Å². The van der Waals surface area contributed by atoms with E-state index in [0.717, 1.165) is 5.52 Å². The van der Waals surface area contributed by atoms with Crippen LogP contribution in [0.1, 0.15) is 18.5 Å². The van der Waals surface area contributed by atoms with E-state index in [1.807, 2.05) is 28.8 Å². The number of rotatable bonds is 6. The molecule has 0 fully saturated rings. The van der Waals surface area contributed by atoms with Crippen molar-refractivity contribution < 1.29 is 28.5 Å². The molecule has 0 saturated heterocycles. The molecular formula is C22H23N3O6. The van der Waals surface area contributed by atoms with E-state index in [-0.39, 0.29) is 6.61 Å². The van der Waals surface area contributed by atoms with E-state index in [1.165, 1.54) is 21.3 Å². The number of nitrogens with zero attached hydrogens (tertiary/aromatic N) is 2. The van der Waals surface area contributed by atoms with Crippen molar-refractivity contribution in [3.8, 4) is 17.2 Å². The first kappa shape index (κ1) is 20.5. The Kier molecular flexibility index (Phi) is 5.41. The number of hydrogen-bond acceptors (Lipinski definition) is 7. The summed E-state index contributed by atoms with van der Waals surface area (Å²) in [7, 11) is 4.53. The van der Waals surface area contributed by atoms with Crippen molar-refractivity contribution in [2.75, 3.05) is 33.3 Å². The van der Waals surface area contributed by atoms with Crippen LogP contribution in [0.5, 0.6) is 17.2 Å². The number of fused-ring (bicyclic) bond motifs is 3. The molecule has 2 aromatic carbocycles. The number of para-hydroxylation sites is 2. The van der Waals surface area contributed by atoms with Crippen LogP contribution >= 0.6 is 0 Å². The largest absolute Gasteiger partial charge is 0.493 e. The first-order chi connectivity index (χ1) is 15.0. The average molecular weight is 425 g/mol. The Morgan fingerprint density at radius 2 is 1.77 bits per heavy atom. The molecule has 1 aromatic heterocycles. The van der Waals surface area contributed by atoms with Crippen molar-refractivity contribution in [3.05, 3.63) is 42.0 Å². The summed E-state index contributed by atoms with van der Waals surface area (Å²) in [6, 6.07) is 10.2. The number of amides is 1. The van der Waals surface area contributed by atoms with Gasteiger partial charge in [0.2, 0.25) is 17.6 Å². The van der Waals surface area contributed by atoms with Gasteiger partial charge in [-0.3, -0.25) is 14.9 Å². The second-order valence-corrected chi connectivity index (χ2v) is 6.92. The molecule has 0 aliphatic carbocycles. The summed E-state index contributed by atoms with van der Waals surface area (Å²) in [6.45, 7) is 1.85. The van der Waals surface area contributed by atoms with E-state index in [0.29, 0.717) is 34.3 Å². The molecule has 0 spiro atoms. The fourth-order valence-corrected chi connectivity index (χ4v) is 3.98. The summed E-state index contributed by atoms with van der Waals surface area (Å²) in [6.07, 6.45) is 0. The van der Waals surface area contributed by atoms with E-state index in [2.05, 4.69) is 10.3 Å². The minimum atomic E-state index is -1.13. The normalized spacial score (nSPS) is 17.6. The maximum absolute atomic E-state index is 13.0. The fraction of sp³-hybridized carbons (Fsp3) is 0.318. The van der Waals surface area contributed by atoms with E-state index < -0.39 is 23.8 Å². The summed E-state index contributed by atoms with van der Waals surface area (Å²) >= 11 is 0. The maximum atomic E-state index is 13.0. The molecule has 1 N–H and O–H groups in total. The number of carbonyl (C=O) groups is 2. The lowest BCUT2D eigenvalue weighted by molar-refractivity contribution is -0.152. The number of nitrogens with one attached hydrogen (secondary N) is 1. The lowest BCUT2D eigenvalue weighted by atomic mass is 9.89. The Bertz CT molecular complexity index is 1130. The number of ether oxygens (including phenoxy) is 4. The zero-order valence-corrected chi connectivity index (χ0v) is 17.7. The molecule has 0 radical (unpaired) electrons. The molecule has 162 valence electrons. The van der Waals surface area contributed by atoms with E-state index in [1.54, 1.807) is 19.1 Å². The number of carbonyl (C=O) groups excluding carboxylic acids is 2. The first-order valence-corrected chi connectivity index (χ1v) is 9.78. The van der Waals surface area contributed by atoms with Gasteiger partial charge in [0.1, 0.15) is 0 Å². The Hall–Kier alpha value is -3.75. The highest BCUT2D eigenvalue weighted by molar-refractivity contribution is 6.07. The van der Waals surface area contributed by atoms with Crippen LogP contribution in [0, 0.1) is 5.92 Å². The zero-order valence-electron chi connectivity index (χ0n) is 17.7. The highest BCUT2D eigenvalue weighted by Crippen LogP contribution is 2.45. The third-order valence-electron chi connectivity index (χ3n) is 5.28. The fourth-order valence-electron chi connectivity index (χ4n) is 3.98. The number of anilines is 1. The molecule has 2 heterocycles. The predicted molar refractivity (Wildman–Crippen MR) is 113 cm³/mol. The van der Waals surface area contributed by atoms with Gasteiger partial charge in [-0.1, -0.05) is 12.1 Å². The van der Waals surface area contributed by atoms with Crippen LogP contribution in [0.25, 0.3) is 11.0 Å². The Labute approximate surface area is 178 Å². The number of aromatic nitrogens is 2. The molecule has 1 aliphatic heterocycles. The van der Waals surface area contributed by atoms with Gasteiger partial charge < -0.3 is 23.5 Å². The molecule has 4 rings (SSSR count). The molecule has 3 aromatic rings. The Balaban J connectivity index is 2.00. The van der Waals surface area contributed by atoms with Crippen LogP contribution in [0.3, 0.4) is 0 Å². The van der Waals surface area contributed by atoms with Crippen molar-refractivity contribution in [1.29, 1.82) is 0 Å². The van der Waals surface area contributed by atoms with E-state index in [9.17, 15) is 9.59 Å². The summed E-state index contributed by atoms with van der Waals surface area (Å²) in [4.78, 5) is 30.4. The third-order valence-corrected chi connectivity index (χ3v) is 5.28. The van der Waals surface area contributed by atoms with Gasteiger partial charge in [0.05, 0.1) is 45.0 Å². The number of esters is 1. The molecule has 9 heteroatoms. The van der Waals surface area contributed by atoms with E-state index in [4.69, 9.17) is 18.9 Å². The summed E-state index contributed by atoms with van der Waals surface area (Å²) in [5, 5.41) is 2.74. The number of imidazole rings is 1. The lowest BCUT2D eigenvalue weighted by Gasteiger charge is -2.32. The van der Waals surface area contributed by atoms with Gasteiger partial charge in [0, 0.05) is 0 Å². The number of hydrogen-bond donors (Lipinski definition) is 1. The summed E-state index contributed by atoms with van der Waals surface area (Å²) in [5.41, 5.74) is 2.08. The van der Waals surface area contributed by atoms with Crippen LogP contribution in [0.15, 0.2) is 36.4 Å². The molecule has 0 unspecified atom stereocenters. The minimum absolute atomic E-state index is 0.155. The lowest BCUT2D eigenvalue weighted by Crippen LogP contribution is -2.43. The van der Waals surface area contributed by atoms with Gasteiger partial charge in [-0.15, -0.1) is 0 Å². The number of methoxy groups -OCH3 is 3. The SMILES string of the molecule is CCOC(=O)[C@H]1C(=O)Nc2nc3ccccc3n2[C@@H]1c1cc(OC)c(OC)c(OC)c1. The number of benzene rings is 2. The zero-order chi connectivity index (χ0) is 22.1. The Morgan fingerprint density at radius 3 is 2.39 bits per heavy atom. The van der Waals surface area contributed by atoms with Gasteiger partial charge >= 0.3 is 5.97 Å². The summed E-state index contributed by atoms with van der Waals surface area (Å²) in [5.74, 6) is -0.647. The predicted octanol–water partition coefficient (Wildman–Crippen LogP) is 2.78. The third kappa shape index (κ3) is 3.31. The van der Waals surface area contributed by atoms with Crippen molar-refractivity contribution in [2.45, 2.75) is 13.0 Å². The highest BCUT2D eigenvalue weighted by atomic mass is 16.5.